The molecule has 11 heteroatoms. The fraction of sp³-hybridized carbons (Fsp3) is 1.00. The van der Waals surface area contributed by atoms with E-state index in [-0.39, 0.29) is 0 Å². The SMILES string of the molecule is C[Si](C)(C)N[Si]1N([Si](C)(C)C)[Si](N([Si](C)(C)C)[Si](C)(C)C)N1[Si](C)(C)C. The molecular formula is C15H46N4Si7. The predicted molar refractivity (Wildman–Crippen MR) is 137 cm³/mol. The summed E-state index contributed by atoms with van der Waals surface area (Å²) < 4.78 is 13.7. The summed E-state index contributed by atoms with van der Waals surface area (Å²) in [4.78, 5) is 0. The van der Waals surface area contributed by atoms with Crippen LogP contribution in [0.2, 0.25) is 98.2 Å². The minimum absolute atomic E-state index is 0.759. The Morgan fingerprint density at radius 3 is 1.08 bits per heavy atom. The van der Waals surface area contributed by atoms with Crippen LogP contribution in [-0.2, 0) is 0 Å². The molecule has 0 aromatic heterocycles. The van der Waals surface area contributed by atoms with E-state index >= 15 is 0 Å². The molecule has 2 radical (unpaired) electrons. The average molecular weight is 479 g/mol. The van der Waals surface area contributed by atoms with Gasteiger partial charge in [-0.15, -0.1) is 0 Å². The minimum Gasteiger partial charge on any atom is -0.344 e. The maximum atomic E-state index is 4.25. The molecule has 1 fully saturated rings. The van der Waals surface area contributed by atoms with E-state index in [0.717, 1.165) is 0 Å². The van der Waals surface area contributed by atoms with Crippen LogP contribution in [-0.4, -0.2) is 71.4 Å². The standard InChI is InChI=1S/C15H46N4Si7/c1-22(2,3)16-20-17(23(4,5)6)21(18(20)24(7,8)9)19(25(10,11)12)26(13,14)15/h16H,1-15H3. The van der Waals surface area contributed by atoms with Crippen molar-refractivity contribution >= 4 is 59.7 Å². The Kier molecular flexibility index (Phi) is 7.38. The van der Waals surface area contributed by atoms with Gasteiger partial charge in [-0.3, -0.25) is 0 Å². The van der Waals surface area contributed by atoms with E-state index in [9.17, 15) is 0 Å². The van der Waals surface area contributed by atoms with Gasteiger partial charge >= 0.3 is 0 Å². The van der Waals surface area contributed by atoms with E-state index in [2.05, 4.69) is 115 Å². The van der Waals surface area contributed by atoms with E-state index in [1.807, 2.05) is 0 Å². The Hall–Kier alpha value is 1.36. The molecule has 0 saturated carbocycles. The van der Waals surface area contributed by atoms with E-state index in [4.69, 9.17) is 0 Å². The molecule has 1 N–H and O–H groups in total. The lowest BCUT2D eigenvalue weighted by Gasteiger charge is -2.69. The van der Waals surface area contributed by atoms with Gasteiger partial charge in [0.15, 0.2) is 0 Å². The van der Waals surface area contributed by atoms with Gasteiger partial charge in [0.1, 0.15) is 41.2 Å². The van der Waals surface area contributed by atoms with Crippen LogP contribution in [0.5, 0.6) is 0 Å². The zero-order valence-electron chi connectivity index (χ0n) is 20.3. The van der Waals surface area contributed by atoms with Crippen molar-refractivity contribution in [2.24, 2.45) is 0 Å². The molecular weight excluding hydrogens is 433 g/mol. The lowest BCUT2D eigenvalue weighted by molar-refractivity contribution is 0.591. The van der Waals surface area contributed by atoms with Crippen LogP contribution in [0.15, 0.2) is 0 Å². The third-order valence-electron chi connectivity index (χ3n) is 4.19. The van der Waals surface area contributed by atoms with Crippen LogP contribution in [0.3, 0.4) is 0 Å². The van der Waals surface area contributed by atoms with Crippen molar-refractivity contribution in [1.29, 1.82) is 0 Å². The topological polar surface area (TPSA) is 21.8 Å². The lowest BCUT2D eigenvalue weighted by atomic mass is 11.8. The Balaban J connectivity index is 3.53. The Morgan fingerprint density at radius 2 is 0.885 bits per heavy atom. The first-order valence-corrected chi connectivity index (χ1v) is 30.0. The van der Waals surface area contributed by atoms with Crippen LogP contribution >= 0.6 is 0 Å². The van der Waals surface area contributed by atoms with Crippen molar-refractivity contribution in [1.82, 2.24) is 16.3 Å². The maximum absolute atomic E-state index is 4.25. The van der Waals surface area contributed by atoms with Gasteiger partial charge in [0, 0.05) is 0 Å². The predicted octanol–water partition coefficient (Wildman–Crippen LogP) is 4.64. The van der Waals surface area contributed by atoms with E-state index in [1.165, 1.54) is 0 Å². The fourth-order valence-electron chi connectivity index (χ4n) is 3.83. The molecule has 26 heavy (non-hydrogen) atoms. The second kappa shape index (κ2) is 7.56. The molecule has 1 aliphatic heterocycles. The first-order chi connectivity index (χ1) is 11.1. The number of hydrogen-bond acceptors (Lipinski definition) is 4. The number of rotatable bonds is 7. The van der Waals surface area contributed by atoms with Gasteiger partial charge in [0.25, 0.3) is 18.6 Å². The molecule has 0 spiro atoms. The van der Waals surface area contributed by atoms with Gasteiger partial charge in [-0.1, -0.05) is 98.2 Å². The monoisotopic (exact) mass is 478 g/mol. The van der Waals surface area contributed by atoms with Crippen LogP contribution in [0, 0.1) is 0 Å². The van der Waals surface area contributed by atoms with E-state index in [1.54, 1.807) is 0 Å². The normalized spacial score (nSPS) is 20.8. The van der Waals surface area contributed by atoms with E-state index < -0.39 is 59.7 Å². The summed E-state index contributed by atoms with van der Waals surface area (Å²) in [6.45, 7) is 38.5. The van der Waals surface area contributed by atoms with Gasteiger partial charge in [0.2, 0.25) is 0 Å². The van der Waals surface area contributed by atoms with Crippen molar-refractivity contribution in [3.63, 3.8) is 0 Å². The highest BCUT2D eigenvalue weighted by Gasteiger charge is 2.64. The van der Waals surface area contributed by atoms with Crippen LogP contribution in [0.4, 0.5) is 0 Å². The summed E-state index contributed by atoms with van der Waals surface area (Å²) in [7, 11) is -8.34. The molecule has 0 aliphatic carbocycles. The molecule has 1 saturated heterocycles. The van der Waals surface area contributed by atoms with Gasteiger partial charge in [-0.05, 0) is 0 Å². The van der Waals surface area contributed by atoms with Crippen LogP contribution in [0.25, 0.3) is 0 Å². The first kappa shape index (κ1) is 25.4. The highest BCUT2D eigenvalue weighted by atomic mass is 28.6. The van der Waals surface area contributed by atoms with Crippen molar-refractivity contribution < 1.29 is 0 Å². The quantitative estimate of drug-likeness (QED) is 0.538. The zero-order chi connectivity index (χ0) is 21.1. The van der Waals surface area contributed by atoms with Crippen molar-refractivity contribution in [2.75, 3.05) is 0 Å². The third-order valence-corrected chi connectivity index (χ3v) is 37.7. The maximum Gasteiger partial charge on any atom is 0.292 e. The zero-order valence-corrected chi connectivity index (χ0v) is 27.3. The Labute approximate surface area is 173 Å². The van der Waals surface area contributed by atoms with Crippen LogP contribution < -0.4 is 4.65 Å². The van der Waals surface area contributed by atoms with Crippen molar-refractivity contribution in [3.05, 3.63) is 0 Å². The molecule has 0 bridgehead atoms. The Morgan fingerprint density at radius 1 is 0.577 bits per heavy atom. The smallest absolute Gasteiger partial charge is 0.292 e. The molecule has 0 unspecified atom stereocenters. The summed E-state index contributed by atoms with van der Waals surface area (Å²) in [6, 6.07) is 0. The average Bonchev–Trinajstić information content (AvgIpc) is 2.15. The molecule has 4 nitrogen and oxygen atoms in total. The summed E-state index contributed by atoms with van der Waals surface area (Å²) in [5.41, 5.74) is 0. The van der Waals surface area contributed by atoms with Crippen LogP contribution in [0.1, 0.15) is 0 Å². The molecule has 0 atom stereocenters. The largest absolute Gasteiger partial charge is 0.344 e. The van der Waals surface area contributed by atoms with Gasteiger partial charge in [-0.25, -0.2) is 0 Å². The van der Waals surface area contributed by atoms with Gasteiger partial charge in [-0.2, -0.15) is 0 Å². The molecule has 0 amide bonds. The first-order valence-electron chi connectivity index (χ1n) is 10.0. The van der Waals surface area contributed by atoms with Gasteiger partial charge < -0.3 is 16.3 Å². The van der Waals surface area contributed by atoms with Crippen molar-refractivity contribution in [3.8, 4) is 0 Å². The third kappa shape index (κ3) is 5.93. The molecule has 0 aromatic rings. The molecule has 1 rings (SSSR count). The number of nitrogens with one attached hydrogen (secondary N) is 1. The highest BCUT2D eigenvalue weighted by Crippen LogP contribution is 2.37. The summed E-state index contributed by atoms with van der Waals surface area (Å²) in [6.07, 6.45) is 0. The summed E-state index contributed by atoms with van der Waals surface area (Å²) in [5.74, 6) is 0. The second-order valence-corrected chi connectivity index (χ2v) is 44.9. The second-order valence-electron chi connectivity index (χ2n) is 12.7. The minimum atomic E-state index is -1.38. The number of hydrogen-bond donors (Lipinski definition) is 1. The fourth-order valence-corrected chi connectivity index (χ4v) is 42.8. The van der Waals surface area contributed by atoms with E-state index in [0.29, 0.717) is 0 Å². The lowest BCUT2D eigenvalue weighted by Crippen LogP contribution is -2.97. The summed E-state index contributed by atoms with van der Waals surface area (Å²) in [5, 5.41) is 0. The summed E-state index contributed by atoms with van der Waals surface area (Å²) >= 11 is 0. The molecule has 1 heterocycles. The Bertz CT molecular complexity index is 461. The van der Waals surface area contributed by atoms with Gasteiger partial charge in [0.05, 0.1) is 0 Å². The molecule has 154 valence electrons. The number of nitrogens with zero attached hydrogens (tertiary/aromatic N) is 3. The van der Waals surface area contributed by atoms with Crippen molar-refractivity contribution in [2.45, 2.75) is 98.2 Å². The highest BCUT2D eigenvalue weighted by molar-refractivity contribution is 7.15. The molecule has 0 aromatic carbocycles. The molecule has 1 aliphatic rings.